The number of carbonyl (C=O) groups is 1. The number of ether oxygens (including phenoxy) is 1. The Balaban J connectivity index is 0.000000497. The number of benzene rings is 2. The van der Waals surface area contributed by atoms with Crippen molar-refractivity contribution in [3.63, 3.8) is 0 Å². The molecule has 0 aliphatic heterocycles. The highest BCUT2D eigenvalue weighted by Crippen LogP contribution is 2.25. The molecule has 6 heteroatoms. The fraction of sp³-hybridized carbons (Fsp3) is 0.393. The van der Waals surface area contributed by atoms with Crippen molar-refractivity contribution in [1.29, 1.82) is 0 Å². The molecule has 1 aliphatic rings. The Kier molecular flexibility index (Phi) is 11.9. The third-order valence-electron chi connectivity index (χ3n) is 5.46. The lowest BCUT2D eigenvalue weighted by Crippen LogP contribution is -2.41. The number of nitrogens with zero attached hydrogens (tertiary/aromatic N) is 1. The van der Waals surface area contributed by atoms with Crippen LogP contribution < -0.4 is 15.4 Å². The molecule has 184 valence electrons. The molecule has 0 spiro atoms. The first-order valence-electron chi connectivity index (χ1n) is 11.9. The third kappa shape index (κ3) is 9.02. The number of amides is 1. The van der Waals surface area contributed by atoms with Gasteiger partial charge < -0.3 is 20.3 Å². The van der Waals surface area contributed by atoms with Crippen molar-refractivity contribution in [1.82, 2.24) is 10.2 Å². The Morgan fingerprint density at radius 1 is 1.18 bits per heavy atom. The zero-order chi connectivity index (χ0) is 24.8. The molecular weight excluding hydrogens is 429 g/mol. The molecule has 0 bridgehead atoms. The molecule has 5 nitrogen and oxygen atoms in total. The fourth-order valence-electron chi connectivity index (χ4n) is 3.56. The zero-order valence-corrected chi connectivity index (χ0v) is 20.8. The first-order valence-corrected chi connectivity index (χ1v) is 11.9. The first kappa shape index (κ1) is 27.1. The summed E-state index contributed by atoms with van der Waals surface area (Å²) in [7, 11) is 3.46. The van der Waals surface area contributed by atoms with Crippen molar-refractivity contribution >= 4 is 11.6 Å². The van der Waals surface area contributed by atoms with Gasteiger partial charge in [-0.25, -0.2) is 4.39 Å². The van der Waals surface area contributed by atoms with Gasteiger partial charge in [0, 0.05) is 31.4 Å². The van der Waals surface area contributed by atoms with E-state index in [4.69, 9.17) is 4.74 Å². The molecule has 1 amide bonds. The molecular formula is C28H38FN3O2. The molecule has 2 aromatic rings. The van der Waals surface area contributed by atoms with Crippen molar-refractivity contribution in [2.45, 2.75) is 32.7 Å². The molecule has 34 heavy (non-hydrogen) atoms. The summed E-state index contributed by atoms with van der Waals surface area (Å²) < 4.78 is 18.6. The Morgan fingerprint density at radius 2 is 1.94 bits per heavy atom. The van der Waals surface area contributed by atoms with E-state index in [2.05, 4.69) is 41.9 Å². The molecule has 2 unspecified atom stereocenters. The SMILES string of the molecule is CC1C=CC=CC1.CCCN(CCNC)C(=O)C(Nc1cccc(OC)c1)c1ccc(F)cc1. The maximum atomic E-state index is 13.4. The van der Waals surface area contributed by atoms with Crippen LogP contribution in [0.1, 0.15) is 38.3 Å². The maximum Gasteiger partial charge on any atom is 0.249 e. The lowest BCUT2D eigenvalue weighted by Gasteiger charge is -2.28. The topological polar surface area (TPSA) is 53.6 Å². The summed E-state index contributed by atoms with van der Waals surface area (Å²) in [6.07, 6.45) is 10.7. The van der Waals surface area contributed by atoms with E-state index in [0.29, 0.717) is 25.4 Å². The number of rotatable bonds is 10. The Morgan fingerprint density at radius 3 is 2.50 bits per heavy atom. The monoisotopic (exact) mass is 467 g/mol. The molecule has 2 atom stereocenters. The number of carbonyl (C=O) groups excluding carboxylic acids is 1. The highest BCUT2D eigenvalue weighted by atomic mass is 19.1. The maximum absolute atomic E-state index is 13.4. The summed E-state index contributed by atoms with van der Waals surface area (Å²) in [6, 6.07) is 12.9. The summed E-state index contributed by atoms with van der Waals surface area (Å²) in [6.45, 7) is 6.25. The second-order valence-corrected chi connectivity index (χ2v) is 8.32. The largest absolute Gasteiger partial charge is 0.497 e. The van der Waals surface area contributed by atoms with E-state index in [-0.39, 0.29) is 11.7 Å². The fourth-order valence-corrected chi connectivity index (χ4v) is 3.56. The van der Waals surface area contributed by atoms with Crippen LogP contribution in [0.5, 0.6) is 5.75 Å². The van der Waals surface area contributed by atoms with Gasteiger partial charge in [0.1, 0.15) is 17.6 Å². The van der Waals surface area contributed by atoms with Crippen LogP contribution >= 0.6 is 0 Å². The smallest absolute Gasteiger partial charge is 0.249 e. The van der Waals surface area contributed by atoms with E-state index in [9.17, 15) is 9.18 Å². The van der Waals surface area contributed by atoms with Crippen LogP contribution in [0.3, 0.4) is 0 Å². The lowest BCUT2D eigenvalue weighted by atomic mass is 10.0. The van der Waals surface area contributed by atoms with Crippen LogP contribution in [-0.4, -0.2) is 44.6 Å². The molecule has 0 saturated heterocycles. The number of methoxy groups -OCH3 is 1. The van der Waals surface area contributed by atoms with E-state index in [1.807, 2.05) is 43.1 Å². The minimum absolute atomic E-state index is 0.0403. The lowest BCUT2D eigenvalue weighted by molar-refractivity contribution is -0.132. The van der Waals surface area contributed by atoms with Crippen molar-refractivity contribution < 1.29 is 13.9 Å². The Labute approximate surface area is 203 Å². The van der Waals surface area contributed by atoms with Crippen molar-refractivity contribution in [3.05, 3.63) is 84.2 Å². The van der Waals surface area contributed by atoms with Crippen LogP contribution in [0.15, 0.2) is 72.8 Å². The molecule has 2 N–H and O–H groups in total. The number of anilines is 1. The Hall–Kier alpha value is -3.12. The van der Waals surface area contributed by atoms with Gasteiger partial charge in [0.15, 0.2) is 0 Å². The average Bonchev–Trinajstić information content (AvgIpc) is 2.86. The minimum Gasteiger partial charge on any atom is -0.497 e. The van der Waals surface area contributed by atoms with Crippen molar-refractivity contribution in [2.24, 2.45) is 5.92 Å². The van der Waals surface area contributed by atoms with Crippen molar-refractivity contribution in [2.75, 3.05) is 39.1 Å². The number of hydrogen-bond donors (Lipinski definition) is 2. The second kappa shape index (κ2) is 14.9. The average molecular weight is 468 g/mol. The summed E-state index contributed by atoms with van der Waals surface area (Å²) in [5, 5.41) is 6.37. The van der Waals surface area contributed by atoms with Gasteiger partial charge in [0.2, 0.25) is 5.91 Å². The number of halogens is 1. The molecule has 3 rings (SSSR count). The Bertz CT molecular complexity index is 928. The van der Waals surface area contributed by atoms with Crippen LogP contribution in [0.25, 0.3) is 0 Å². The minimum atomic E-state index is -0.610. The van der Waals surface area contributed by atoms with Gasteiger partial charge >= 0.3 is 0 Å². The van der Waals surface area contributed by atoms with Crippen LogP contribution in [-0.2, 0) is 4.79 Å². The molecule has 0 saturated carbocycles. The molecule has 1 aliphatic carbocycles. The van der Waals surface area contributed by atoms with Gasteiger partial charge in [0.25, 0.3) is 0 Å². The van der Waals surface area contributed by atoms with Crippen LogP contribution in [0, 0.1) is 11.7 Å². The van der Waals surface area contributed by atoms with Gasteiger partial charge in [0.05, 0.1) is 7.11 Å². The normalized spacial score (nSPS) is 15.1. The van der Waals surface area contributed by atoms with Gasteiger partial charge in [-0.2, -0.15) is 0 Å². The van der Waals surface area contributed by atoms with Gasteiger partial charge in [-0.05, 0) is 55.6 Å². The van der Waals surface area contributed by atoms with Crippen LogP contribution in [0.4, 0.5) is 10.1 Å². The van der Waals surface area contributed by atoms with E-state index < -0.39 is 6.04 Å². The molecule has 0 heterocycles. The number of allylic oxidation sites excluding steroid dienone is 4. The van der Waals surface area contributed by atoms with Crippen molar-refractivity contribution in [3.8, 4) is 5.75 Å². The standard InChI is InChI=1S/C21H28FN3O2.C7H10/c1-4-13-25(14-12-23-2)21(26)20(16-8-10-17(22)11-9-16)24-18-6-5-7-19(15-18)27-3;1-7-5-3-2-4-6-7/h5-11,15,20,23-24H,4,12-14H2,1-3H3;2-5,7H,6H2,1H3. The molecule has 0 fully saturated rings. The second-order valence-electron chi connectivity index (χ2n) is 8.32. The van der Waals surface area contributed by atoms with E-state index in [1.165, 1.54) is 18.6 Å². The summed E-state index contributed by atoms with van der Waals surface area (Å²) >= 11 is 0. The number of likely N-dealkylation sites (N-methyl/N-ethyl adjacent to an activating group) is 1. The molecule has 0 radical (unpaired) electrons. The van der Waals surface area contributed by atoms with Gasteiger partial charge in [-0.15, -0.1) is 0 Å². The quantitative estimate of drug-likeness (QED) is 0.479. The van der Waals surface area contributed by atoms with E-state index in [0.717, 1.165) is 23.6 Å². The zero-order valence-electron chi connectivity index (χ0n) is 20.8. The highest BCUT2D eigenvalue weighted by Gasteiger charge is 2.25. The molecule has 0 aromatic heterocycles. The predicted octanol–water partition coefficient (Wildman–Crippen LogP) is 5.58. The highest BCUT2D eigenvalue weighted by molar-refractivity contribution is 5.86. The predicted molar refractivity (Wildman–Crippen MR) is 139 cm³/mol. The van der Waals surface area contributed by atoms with E-state index in [1.54, 1.807) is 19.2 Å². The third-order valence-corrected chi connectivity index (χ3v) is 5.46. The molecule has 2 aromatic carbocycles. The van der Waals surface area contributed by atoms with Gasteiger partial charge in [-0.1, -0.05) is 56.4 Å². The van der Waals surface area contributed by atoms with Crippen LogP contribution in [0.2, 0.25) is 0 Å². The summed E-state index contributed by atoms with van der Waals surface area (Å²) in [5.74, 6) is 1.10. The number of hydrogen-bond acceptors (Lipinski definition) is 4. The summed E-state index contributed by atoms with van der Waals surface area (Å²) in [4.78, 5) is 15.1. The van der Waals surface area contributed by atoms with E-state index >= 15 is 0 Å². The summed E-state index contributed by atoms with van der Waals surface area (Å²) in [5.41, 5.74) is 1.48. The first-order chi connectivity index (χ1) is 16.5. The number of nitrogens with one attached hydrogen (secondary N) is 2. The van der Waals surface area contributed by atoms with Gasteiger partial charge in [-0.3, -0.25) is 4.79 Å².